The number of likely N-dealkylation sites (N-methyl/N-ethyl adjacent to an activating group) is 1. The molecule has 0 fully saturated rings. The largest absolute Gasteiger partial charge is 0.344 e. The molecule has 0 radical (unpaired) electrons. The van der Waals surface area contributed by atoms with Crippen molar-refractivity contribution in [3.05, 3.63) is 30.1 Å². The second-order valence-corrected chi connectivity index (χ2v) is 3.65. The molecule has 4 nitrogen and oxygen atoms in total. The minimum absolute atomic E-state index is 0.0240. The van der Waals surface area contributed by atoms with Crippen LogP contribution in [0.25, 0.3) is 0 Å². The van der Waals surface area contributed by atoms with E-state index in [-0.39, 0.29) is 5.91 Å². The zero-order chi connectivity index (χ0) is 11.3. The molecule has 1 amide bonds. The van der Waals surface area contributed by atoms with E-state index in [0.717, 1.165) is 6.42 Å². The Kier molecular flexibility index (Phi) is 4.24. The van der Waals surface area contributed by atoms with Crippen LogP contribution in [-0.2, 0) is 11.2 Å². The van der Waals surface area contributed by atoms with E-state index in [1.807, 2.05) is 12.1 Å². The summed E-state index contributed by atoms with van der Waals surface area (Å²) >= 11 is 0. The van der Waals surface area contributed by atoms with Gasteiger partial charge in [0.1, 0.15) is 0 Å². The summed E-state index contributed by atoms with van der Waals surface area (Å²) in [7, 11) is 1.77. The van der Waals surface area contributed by atoms with Crippen LogP contribution in [0, 0.1) is 0 Å². The number of hydrogen-bond donors (Lipinski definition) is 1. The van der Waals surface area contributed by atoms with Gasteiger partial charge in [-0.2, -0.15) is 0 Å². The Balaban J connectivity index is 2.41. The molecule has 0 saturated carbocycles. The summed E-state index contributed by atoms with van der Waals surface area (Å²) < 4.78 is 0. The zero-order valence-electron chi connectivity index (χ0n) is 9.18. The van der Waals surface area contributed by atoms with Crippen molar-refractivity contribution in [1.29, 1.82) is 0 Å². The van der Waals surface area contributed by atoms with E-state index in [1.54, 1.807) is 31.3 Å². The lowest BCUT2D eigenvalue weighted by atomic mass is 10.2. The van der Waals surface area contributed by atoms with Gasteiger partial charge in [-0.05, 0) is 31.0 Å². The molecule has 1 heterocycles. The predicted molar refractivity (Wildman–Crippen MR) is 59.2 cm³/mol. The van der Waals surface area contributed by atoms with Crippen LogP contribution in [0.5, 0.6) is 0 Å². The van der Waals surface area contributed by atoms with Gasteiger partial charge in [0.15, 0.2) is 0 Å². The van der Waals surface area contributed by atoms with Crippen molar-refractivity contribution in [2.75, 3.05) is 13.6 Å². The SMILES string of the molecule is CC(N)C(=O)N(C)CCc1ccncc1. The standard InChI is InChI=1S/C11H17N3O/c1-9(12)11(15)14(2)8-5-10-3-6-13-7-4-10/h3-4,6-7,9H,5,8,12H2,1-2H3. The van der Waals surface area contributed by atoms with Crippen molar-refractivity contribution in [1.82, 2.24) is 9.88 Å². The Morgan fingerprint density at radius 3 is 2.67 bits per heavy atom. The van der Waals surface area contributed by atoms with E-state index in [4.69, 9.17) is 5.73 Å². The van der Waals surface area contributed by atoms with Gasteiger partial charge >= 0.3 is 0 Å². The minimum atomic E-state index is -0.424. The van der Waals surface area contributed by atoms with Crippen LogP contribution in [0.15, 0.2) is 24.5 Å². The topological polar surface area (TPSA) is 59.2 Å². The van der Waals surface area contributed by atoms with Gasteiger partial charge in [0.2, 0.25) is 5.91 Å². The number of nitrogens with zero attached hydrogens (tertiary/aromatic N) is 2. The van der Waals surface area contributed by atoms with Crippen LogP contribution in [-0.4, -0.2) is 35.4 Å². The first kappa shape index (κ1) is 11.7. The van der Waals surface area contributed by atoms with Crippen molar-refractivity contribution in [2.24, 2.45) is 5.73 Å². The normalized spacial score (nSPS) is 12.2. The maximum absolute atomic E-state index is 11.5. The van der Waals surface area contributed by atoms with Crippen LogP contribution < -0.4 is 5.73 Å². The number of aromatic nitrogens is 1. The van der Waals surface area contributed by atoms with Gasteiger partial charge in [-0.15, -0.1) is 0 Å². The molecule has 4 heteroatoms. The van der Waals surface area contributed by atoms with E-state index < -0.39 is 6.04 Å². The molecule has 0 aliphatic carbocycles. The fourth-order valence-electron chi connectivity index (χ4n) is 1.30. The lowest BCUT2D eigenvalue weighted by molar-refractivity contribution is -0.130. The summed E-state index contributed by atoms with van der Waals surface area (Å²) in [6.07, 6.45) is 4.34. The Hall–Kier alpha value is -1.42. The number of hydrogen-bond acceptors (Lipinski definition) is 3. The van der Waals surface area contributed by atoms with Gasteiger partial charge < -0.3 is 10.6 Å². The number of carbonyl (C=O) groups excluding carboxylic acids is 1. The number of carbonyl (C=O) groups is 1. The molecule has 82 valence electrons. The Morgan fingerprint density at radius 2 is 2.13 bits per heavy atom. The quantitative estimate of drug-likeness (QED) is 0.779. The number of nitrogens with two attached hydrogens (primary N) is 1. The van der Waals surface area contributed by atoms with Crippen LogP contribution in [0.2, 0.25) is 0 Å². The highest BCUT2D eigenvalue weighted by atomic mass is 16.2. The van der Waals surface area contributed by atoms with Crippen molar-refractivity contribution < 1.29 is 4.79 Å². The molecular formula is C11H17N3O. The van der Waals surface area contributed by atoms with E-state index >= 15 is 0 Å². The second kappa shape index (κ2) is 5.46. The minimum Gasteiger partial charge on any atom is -0.344 e. The summed E-state index contributed by atoms with van der Waals surface area (Å²) in [6.45, 7) is 2.38. The monoisotopic (exact) mass is 207 g/mol. The summed E-state index contributed by atoms with van der Waals surface area (Å²) in [6, 6.07) is 3.47. The molecule has 0 aliphatic heterocycles. The first-order valence-corrected chi connectivity index (χ1v) is 5.00. The number of amides is 1. The van der Waals surface area contributed by atoms with Gasteiger partial charge in [0, 0.05) is 26.0 Å². The molecule has 1 aromatic rings. The molecule has 0 saturated heterocycles. The van der Waals surface area contributed by atoms with Gasteiger partial charge in [0.25, 0.3) is 0 Å². The molecule has 0 aromatic carbocycles. The molecule has 0 aliphatic rings. The van der Waals surface area contributed by atoms with Crippen molar-refractivity contribution >= 4 is 5.91 Å². The van der Waals surface area contributed by atoms with Crippen molar-refractivity contribution in [3.63, 3.8) is 0 Å². The molecule has 0 spiro atoms. The maximum Gasteiger partial charge on any atom is 0.238 e. The molecule has 1 rings (SSSR count). The van der Waals surface area contributed by atoms with Gasteiger partial charge in [-0.3, -0.25) is 9.78 Å². The van der Waals surface area contributed by atoms with Gasteiger partial charge in [-0.25, -0.2) is 0 Å². The van der Waals surface area contributed by atoms with Crippen molar-refractivity contribution in [2.45, 2.75) is 19.4 Å². The molecule has 1 aromatic heterocycles. The zero-order valence-corrected chi connectivity index (χ0v) is 9.18. The fraction of sp³-hybridized carbons (Fsp3) is 0.455. The lowest BCUT2D eigenvalue weighted by Gasteiger charge is -2.19. The average Bonchev–Trinajstić information content (AvgIpc) is 2.26. The van der Waals surface area contributed by atoms with Crippen LogP contribution >= 0.6 is 0 Å². The van der Waals surface area contributed by atoms with Crippen LogP contribution in [0.1, 0.15) is 12.5 Å². The van der Waals surface area contributed by atoms with Gasteiger partial charge in [0.05, 0.1) is 6.04 Å². The van der Waals surface area contributed by atoms with Crippen molar-refractivity contribution in [3.8, 4) is 0 Å². The highest BCUT2D eigenvalue weighted by Crippen LogP contribution is 1.99. The van der Waals surface area contributed by atoms with E-state index in [1.165, 1.54) is 5.56 Å². The molecule has 1 unspecified atom stereocenters. The predicted octanol–water partition coefficient (Wildman–Crippen LogP) is 0.430. The fourth-order valence-corrected chi connectivity index (χ4v) is 1.30. The van der Waals surface area contributed by atoms with Crippen LogP contribution in [0.3, 0.4) is 0 Å². The molecule has 0 bridgehead atoms. The second-order valence-electron chi connectivity index (χ2n) is 3.65. The highest BCUT2D eigenvalue weighted by Gasteiger charge is 2.12. The summed E-state index contributed by atoms with van der Waals surface area (Å²) in [5.41, 5.74) is 6.68. The molecule has 1 atom stereocenters. The third-order valence-corrected chi connectivity index (χ3v) is 2.25. The van der Waals surface area contributed by atoms with Crippen LogP contribution in [0.4, 0.5) is 0 Å². The first-order chi connectivity index (χ1) is 7.11. The van der Waals surface area contributed by atoms with E-state index in [9.17, 15) is 4.79 Å². The molecule has 2 N–H and O–H groups in total. The summed E-state index contributed by atoms with van der Waals surface area (Å²) in [5.74, 6) is -0.0240. The summed E-state index contributed by atoms with van der Waals surface area (Å²) in [5, 5.41) is 0. The number of pyridine rings is 1. The first-order valence-electron chi connectivity index (χ1n) is 5.00. The molecular weight excluding hydrogens is 190 g/mol. The average molecular weight is 207 g/mol. The Bertz CT molecular complexity index is 311. The summed E-state index contributed by atoms with van der Waals surface area (Å²) in [4.78, 5) is 17.0. The smallest absolute Gasteiger partial charge is 0.238 e. The lowest BCUT2D eigenvalue weighted by Crippen LogP contribution is -2.40. The molecule has 15 heavy (non-hydrogen) atoms. The maximum atomic E-state index is 11.5. The van der Waals surface area contributed by atoms with Gasteiger partial charge in [-0.1, -0.05) is 0 Å². The van der Waals surface area contributed by atoms with E-state index in [2.05, 4.69) is 4.98 Å². The number of rotatable bonds is 4. The third kappa shape index (κ3) is 3.67. The Labute approximate surface area is 90.1 Å². The Morgan fingerprint density at radius 1 is 1.53 bits per heavy atom. The van der Waals surface area contributed by atoms with E-state index in [0.29, 0.717) is 6.54 Å². The third-order valence-electron chi connectivity index (χ3n) is 2.25. The highest BCUT2D eigenvalue weighted by molar-refractivity contribution is 5.80.